The number of rotatable bonds is 12. The summed E-state index contributed by atoms with van der Waals surface area (Å²) in [6, 6.07) is 5.48. The Balaban J connectivity index is 2.91. The highest BCUT2D eigenvalue weighted by atomic mass is 16.5. The van der Waals surface area contributed by atoms with Gasteiger partial charge in [0.15, 0.2) is 0 Å². The lowest BCUT2D eigenvalue weighted by Gasteiger charge is -2.24. The molecule has 5 heteroatoms. The van der Waals surface area contributed by atoms with E-state index < -0.39 is 0 Å². The van der Waals surface area contributed by atoms with E-state index in [0.29, 0.717) is 18.5 Å². The Morgan fingerprint density at radius 1 is 1.25 bits per heavy atom. The zero-order chi connectivity index (χ0) is 20.9. The van der Waals surface area contributed by atoms with Gasteiger partial charge in [-0.2, -0.15) is 0 Å². The number of aliphatic hydroxyl groups is 1. The number of carbonyl (C=O) groups excluding carboxylic acids is 1. The van der Waals surface area contributed by atoms with Crippen LogP contribution in [0.1, 0.15) is 57.3 Å². The minimum absolute atomic E-state index is 0.0665. The molecule has 0 saturated heterocycles. The molecule has 0 bridgehead atoms. The van der Waals surface area contributed by atoms with Gasteiger partial charge in [-0.05, 0) is 65.2 Å². The Bertz CT molecular complexity index is 676. The van der Waals surface area contributed by atoms with E-state index in [-0.39, 0.29) is 12.5 Å². The maximum absolute atomic E-state index is 12.4. The van der Waals surface area contributed by atoms with Crippen LogP contribution in [0.2, 0.25) is 0 Å². The van der Waals surface area contributed by atoms with Gasteiger partial charge in [0.05, 0.1) is 12.8 Å². The number of allylic oxidation sites excluding steroid dienone is 3. The summed E-state index contributed by atoms with van der Waals surface area (Å²) >= 11 is 0. The van der Waals surface area contributed by atoms with Crippen LogP contribution in [-0.2, 0) is 0 Å². The molecule has 0 aromatic heterocycles. The molecule has 1 rings (SSSR count). The third-order valence-electron chi connectivity index (χ3n) is 4.54. The molecule has 0 aliphatic heterocycles. The van der Waals surface area contributed by atoms with E-state index in [1.54, 1.807) is 13.2 Å². The van der Waals surface area contributed by atoms with Crippen molar-refractivity contribution >= 4 is 11.6 Å². The van der Waals surface area contributed by atoms with E-state index in [2.05, 4.69) is 50.1 Å². The van der Waals surface area contributed by atoms with Crippen LogP contribution in [0.3, 0.4) is 0 Å². The molecule has 0 saturated carbocycles. The fourth-order valence-corrected chi connectivity index (χ4v) is 2.82. The second-order valence-corrected chi connectivity index (χ2v) is 7.13. The first kappa shape index (κ1) is 23.8. The smallest absolute Gasteiger partial charge is 0.251 e. The van der Waals surface area contributed by atoms with Crippen LogP contribution < -0.4 is 15.0 Å². The number of nitrogens with zero attached hydrogens (tertiary/aromatic N) is 1. The number of likely N-dealkylation sites (N-methyl/N-ethyl adjacent to an activating group) is 1. The van der Waals surface area contributed by atoms with Gasteiger partial charge < -0.3 is 20.1 Å². The molecule has 28 heavy (non-hydrogen) atoms. The quantitative estimate of drug-likeness (QED) is 0.413. The highest BCUT2D eigenvalue weighted by Gasteiger charge is 2.14. The molecule has 1 amide bonds. The molecule has 5 nitrogen and oxygen atoms in total. The van der Waals surface area contributed by atoms with E-state index in [1.165, 1.54) is 11.1 Å². The van der Waals surface area contributed by atoms with Crippen molar-refractivity contribution in [2.75, 3.05) is 38.3 Å². The van der Waals surface area contributed by atoms with E-state index in [1.807, 2.05) is 12.1 Å². The molecule has 0 radical (unpaired) electrons. The lowest BCUT2D eigenvalue weighted by molar-refractivity contribution is 0.0951. The largest absolute Gasteiger partial charge is 0.495 e. The van der Waals surface area contributed by atoms with Crippen LogP contribution in [0.25, 0.3) is 0 Å². The number of aliphatic hydroxyl groups excluding tert-OH is 1. The van der Waals surface area contributed by atoms with Crippen molar-refractivity contribution in [2.24, 2.45) is 0 Å². The fourth-order valence-electron chi connectivity index (χ4n) is 2.82. The van der Waals surface area contributed by atoms with E-state index in [0.717, 1.165) is 37.4 Å². The summed E-state index contributed by atoms with van der Waals surface area (Å²) in [6.45, 7) is 10.6. The average molecular weight is 389 g/mol. The minimum atomic E-state index is -0.137. The molecule has 1 aromatic carbocycles. The SMILES string of the molecule is CCN(C/C=C(\C)CCC=C(C)C)c1cc(C(=O)NCCCO)ccc1OC. The van der Waals surface area contributed by atoms with Gasteiger partial charge in [-0.3, -0.25) is 4.79 Å². The van der Waals surface area contributed by atoms with Gasteiger partial charge in [0.1, 0.15) is 5.75 Å². The number of carbonyl (C=O) groups is 1. The average Bonchev–Trinajstić information content (AvgIpc) is 2.68. The number of amides is 1. The molecule has 0 atom stereocenters. The highest BCUT2D eigenvalue weighted by Crippen LogP contribution is 2.29. The zero-order valence-corrected chi connectivity index (χ0v) is 18.0. The minimum Gasteiger partial charge on any atom is -0.495 e. The number of hydrogen-bond acceptors (Lipinski definition) is 4. The van der Waals surface area contributed by atoms with Crippen LogP contribution in [-0.4, -0.2) is 44.4 Å². The lowest BCUT2D eigenvalue weighted by Crippen LogP contribution is -2.27. The number of ether oxygens (including phenoxy) is 1. The molecule has 0 aliphatic rings. The number of benzene rings is 1. The summed E-state index contributed by atoms with van der Waals surface area (Å²) in [4.78, 5) is 14.6. The summed E-state index contributed by atoms with van der Waals surface area (Å²) in [5.41, 5.74) is 4.21. The molecule has 156 valence electrons. The summed E-state index contributed by atoms with van der Waals surface area (Å²) in [5.74, 6) is 0.617. The fraction of sp³-hybridized carbons (Fsp3) is 0.522. The van der Waals surface area contributed by atoms with Gasteiger partial charge in [0, 0.05) is 31.8 Å². The van der Waals surface area contributed by atoms with Gasteiger partial charge in [0.2, 0.25) is 0 Å². The molecule has 0 aliphatic carbocycles. The number of nitrogens with one attached hydrogen (secondary N) is 1. The lowest BCUT2D eigenvalue weighted by atomic mass is 10.1. The van der Waals surface area contributed by atoms with Gasteiger partial charge in [-0.15, -0.1) is 0 Å². The first-order chi connectivity index (χ1) is 13.4. The maximum atomic E-state index is 12.4. The van der Waals surface area contributed by atoms with Gasteiger partial charge in [-0.25, -0.2) is 0 Å². The van der Waals surface area contributed by atoms with Crippen LogP contribution in [0, 0.1) is 0 Å². The monoisotopic (exact) mass is 388 g/mol. The van der Waals surface area contributed by atoms with Crippen molar-refractivity contribution in [3.8, 4) is 5.75 Å². The highest BCUT2D eigenvalue weighted by molar-refractivity contribution is 5.95. The third kappa shape index (κ3) is 8.17. The second-order valence-electron chi connectivity index (χ2n) is 7.13. The summed E-state index contributed by atoms with van der Waals surface area (Å²) in [5, 5.41) is 11.7. The topological polar surface area (TPSA) is 61.8 Å². The normalized spacial score (nSPS) is 11.1. The summed E-state index contributed by atoms with van der Waals surface area (Å²) in [7, 11) is 1.65. The molecular formula is C23H36N2O3. The Hall–Kier alpha value is -2.27. The van der Waals surface area contributed by atoms with Crippen molar-refractivity contribution < 1.29 is 14.6 Å². The van der Waals surface area contributed by atoms with Gasteiger partial charge in [-0.1, -0.05) is 23.3 Å². The zero-order valence-electron chi connectivity index (χ0n) is 18.0. The molecule has 0 fully saturated rings. The first-order valence-corrected chi connectivity index (χ1v) is 10.0. The molecule has 0 spiro atoms. The number of hydrogen-bond donors (Lipinski definition) is 2. The summed E-state index contributed by atoms with van der Waals surface area (Å²) in [6.07, 6.45) is 7.16. The predicted molar refractivity (Wildman–Crippen MR) is 117 cm³/mol. The first-order valence-electron chi connectivity index (χ1n) is 10.0. The molecular weight excluding hydrogens is 352 g/mol. The Labute approximate surface area is 170 Å². The van der Waals surface area contributed by atoms with E-state index in [9.17, 15) is 4.79 Å². The van der Waals surface area contributed by atoms with Crippen LogP contribution in [0.5, 0.6) is 5.75 Å². The van der Waals surface area contributed by atoms with Crippen molar-refractivity contribution in [3.05, 3.63) is 47.1 Å². The van der Waals surface area contributed by atoms with Crippen molar-refractivity contribution in [1.29, 1.82) is 0 Å². The molecule has 0 unspecified atom stereocenters. The van der Waals surface area contributed by atoms with Crippen molar-refractivity contribution in [1.82, 2.24) is 5.32 Å². The number of methoxy groups -OCH3 is 1. The second kappa shape index (κ2) is 13.0. The van der Waals surface area contributed by atoms with Crippen molar-refractivity contribution in [2.45, 2.75) is 47.0 Å². The maximum Gasteiger partial charge on any atom is 0.251 e. The van der Waals surface area contributed by atoms with Gasteiger partial charge in [0.25, 0.3) is 5.91 Å². The standard InChI is InChI=1S/C23H36N2O3/c1-6-25(15-13-19(4)10-7-9-18(2)3)21-17-20(11-12-22(21)28-5)23(27)24-14-8-16-26/h9,11-13,17,26H,6-8,10,14-16H2,1-5H3,(H,24,27)/b19-13+. The molecule has 2 N–H and O–H groups in total. The Kier molecular flexibility index (Phi) is 11.0. The van der Waals surface area contributed by atoms with Crippen molar-refractivity contribution in [3.63, 3.8) is 0 Å². The van der Waals surface area contributed by atoms with Crippen LogP contribution in [0.15, 0.2) is 41.5 Å². The molecule has 1 aromatic rings. The van der Waals surface area contributed by atoms with Crippen LogP contribution in [0.4, 0.5) is 5.69 Å². The van der Waals surface area contributed by atoms with E-state index >= 15 is 0 Å². The van der Waals surface area contributed by atoms with Gasteiger partial charge >= 0.3 is 0 Å². The number of anilines is 1. The predicted octanol–water partition coefficient (Wildman–Crippen LogP) is 4.33. The third-order valence-corrected chi connectivity index (χ3v) is 4.54. The van der Waals surface area contributed by atoms with Crippen LogP contribution >= 0.6 is 0 Å². The van der Waals surface area contributed by atoms with E-state index in [4.69, 9.17) is 9.84 Å². The Morgan fingerprint density at radius 3 is 2.61 bits per heavy atom. The summed E-state index contributed by atoms with van der Waals surface area (Å²) < 4.78 is 5.52. The molecule has 0 heterocycles. The Morgan fingerprint density at radius 2 is 2.00 bits per heavy atom.